The van der Waals surface area contributed by atoms with Crippen molar-refractivity contribution in [3.05, 3.63) is 65.0 Å². The number of likely N-dealkylation sites (tertiary alicyclic amines) is 1. The quantitative estimate of drug-likeness (QED) is 0.406. The van der Waals surface area contributed by atoms with Crippen molar-refractivity contribution in [1.82, 2.24) is 15.1 Å². The number of benzene rings is 2. The molecule has 0 spiro atoms. The monoisotopic (exact) mass is 520 g/mol. The van der Waals surface area contributed by atoms with Crippen LogP contribution < -0.4 is 10.2 Å². The standard InChI is InChI=1S/C29H33FN4O4/c30-22-8-1-6-20(18-22)12-17-34-28(37)23-9-2-10-24(26(23)29(34)38)33-15-3-7-21(19-33)27(36)31-13-5-16-32-14-4-11-25(32)35/h1-2,6,8-10,18,21H,3-5,7,11-17,19H2,(H,31,36). The van der Waals surface area contributed by atoms with Crippen molar-refractivity contribution < 1.29 is 23.6 Å². The third-order valence-electron chi connectivity index (χ3n) is 7.70. The number of hydrogen-bond donors (Lipinski definition) is 1. The molecule has 2 aromatic carbocycles. The lowest BCUT2D eigenvalue weighted by molar-refractivity contribution is -0.127. The smallest absolute Gasteiger partial charge is 0.263 e. The lowest BCUT2D eigenvalue weighted by Gasteiger charge is -2.34. The second kappa shape index (κ2) is 11.3. The number of amides is 4. The maximum atomic E-state index is 13.6. The first-order valence-corrected chi connectivity index (χ1v) is 13.5. The number of hydrogen-bond acceptors (Lipinski definition) is 5. The molecular weight excluding hydrogens is 487 g/mol. The molecular formula is C29H33FN4O4. The van der Waals surface area contributed by atoms with E-state index < -0.39 is 0 Å². The van der Waals surface area contributed by atoms with Crippen LogP contribution in [0.2, 0.25) is 0 Å². The molecule has 200 valence electrons. The van der Waals surface area contributed by atoms with Gasteiger partial charge in [0.15, 0.2) is 0 Å². The summed E-state index contributed by atoms with van der Waals surface area (Å²) in [6.45, 7) is 3.32. The highest BCUT2D eigenvalue weighted by atomic mass is 19.1. The minimum absolute atomic E-state index is 0.0193. The number of carbonyl (C=O) groups excluding carboxylic acids is 4. The number of nitrogens with zero attached hydrogens (tertiary/aromatic N) is 3. The Morgan fingerprint density at radius 3 is 2.63 bits per heavy atom. The Kier molecular flexibility index (Phi) is 7.72. The zero-order valence-electron chi connectivity index (χ0n) is 21.5. The Hall–Kier alpha value is -3.75. The van der Waals surface area contributed by atoms with Gasteiger partial charge in [-0.1, -0.05) is 18.2 Å². The van der Waals surface area contributed by atoms with Crippen LogP contribution in [0.3, 0.4) is 0 Å². The summed E-state index contributed by atoms with van der Waals surface area (Å²) in [7, 11) is 0. The SMILES string of the molecule is O=C(NCCCN1CCCC1=O)C1CCCN(c2cccc3c2C(=O)N(CCc2cccc(F)c2)C3=O)C1. The zero-order valence-corrected chi connectivity index (χ0v) is 21.5. The normalized spacial score (nSPS) is 19.3. The number of carbonyl (C=O) groups is 4. The van der Waals surface area contributed by atoms with Crippen molar-refractivity contribution in [3.8, 4) is 0 Å². The highest BCUT2D eigenvalue weighted by Crippen LogP contribution is 2.34. The molecule has 0 radical (unpaired) electrons. The maximum Gasteiger partial charge on any atom is 0.263 e. The summed E-state index contributed by atoms with van der Waals surface area (Å²) < 4.78 is 13.6. The van der Waals surface area contributed by atoms with Crippen molar-refractivity contribution in [1.29, 1.82) is 0 Å². The number of halogens is 1. The number of piperidine rings is 1. The molecule has 38 heavy (non-hydrogen) atoms. The first-order valence-electron chi connectivity index (χ1n) is 13.5. The second-order valence-electron chi connectivity index (χ2n) is 10.3. The van der Waals surface area contributed by atoms with Crippen LogP contribution in [0.1, 0.15) is 58.4 Å². The minimum Gasteiger partial charge on any atom is -0.370 e. The molecule has 2 saturated heterocycles. The average Bonchev–Trinajstić information content (AvgIpc) is 3.45. The molecule has 5 rings (SSSR count). The summed E-state index contributed by atoms with van der Waals surface area (Å²) in [5.41, 5.74) is 2.15. The van der Waals surface area contributed by atoms with Crippen molar-refractivity contribution >= 4 is 29.3 Å². The summed E-state index contributed by atoms with van der Waals surface area (Å²) in [6.07, 6.45) is 4.18. The van der Waals surface area contributed by atoms with Gasteiger partial charge >= 0.3 is 0 Å². The van der Waals surface area contributed by atoms with E-state index in [-0.39, 0.29) is 41.9 Å². The lowest BCUT2D eigenvalue weighted by Crippen LogP contribution is -2.44. The number of anilines is 1. The Morgan fingerprint density at radius 2 is 1.84 bits per heavy atom. The Labute approximate surface area is 221 Å². The van der Waals surface area contributed by atoms with Gasteiger partial charge in [0.2, 0.25) is 11.8 Å². The van der Waals surface area contributed by atoms with Gasteiger partial charge in [0.1, 0.15) is 5.82 Å². The Balaban J connectivity index is 1.20. The van der Waals surface area contributed by atoms with Gasteiger partial charge in [-0.15, -0.1) is 0 Å². The summed E-state index contributed by atoms with van der Waals surface area (Å²) in [5, 5.41) is 3.02. The van der Waals surface area contributed by atoms with Crippen LogP contribution in [0.15, 0.2) is 42.5 Å². The van der Waals surface area contributed by atoms with E-state index in [1.54, 1.807) is 24.3 Å². The van der Waals surface area contributed by atoms with Gasteiger partial charge in [0, 0.05) is 45.7 Å². The molecule has 3 heterocycles. The molecule has 4 amide bonds. The largest absolute Gasteiger partial charge is 0.370 e. The topological polar surface area (TPSA) is 90.0 Å². The molecule has 0 bridgehead atoms. The first-order chi connectivity index (χ1) is 18.4. The van der Waals surface area contributed by atoms with Crippen molar-refractivity contribution in [2.24, 2.45) is 5.92 Å². The summed E-state index contributed by atoms with van der Waals surface area (Å²) in [6, 6.07) is 11.4. The molecule has 2 aromatic rings. The van der Waals surface area contributed by atoms with Gasteiger partial charge in [0.05, 0.1) is 22.7 Å². The minimum atomic E-state index is -0.350. The molecule has 0 aromatic heterocycles. The predicted molar refractivity (Wildman–Crippen MR) is 140 cm³/mol. The Bertz CT molecular complexity index is 1250. The van der Waals surface area contributed by atoms with E-state index in [1.165, 1.54) is 17.0 Å². The fourth-order valence-corrected chi connectivity index (χ4v) is 5.69. The predicted octanol–water partition coefficient (Wildman–Crippen LogP) is 3.01. The fraction of sp³-hybridized carbons (Fsp3) is 0.448. The molecule has 9 heteroatoms. The Morgan fingerprint density at radius 1 is 1.00 bits per heavy atom. The van der Waals surface area contributed by atoms with E-state index in [0.29, 0.717) is 55.8 Å². The van der Waals surface area contributed by atoms with Gasteiger partial charge in [-0.05, 0) is 61.9 Å². The van der Waals surface area contributed by atoms with Crippen LogP contribution in [0.5, 0.6) is 0 Å². The van der Waals surface area contributed by atoms with Gasteiger partial charge < -0.3 is 15.1 Å². The number of nitrogens with one attached hydrogen (secondary N) is 1. The van der Waals surface area contributed by atoms with E-state index >= 15 is 0 Å². The van der Waals surface area contributed by atoms with E-state index in [1.807, 2.05) is 15.9 Å². The highest BCUT2D eigenvalue weighted by Gasteiger charge is 2.39. The molecule has 2 fully saturated rings. The molecule has 1 N–H and O–H groups in total. The molecule has 0 saturated carbocycles. The van der Waals surface area contributed by atoms with E-state index in [4.69, 9.17) is 0 Å². The van der Waals surface area contributed by atoms with Crippen LogP contribution >= 0.6 is 0 Å². The van der Waals surface area contributed by atoms with Crippen LogP contribution in [-0.4, -0.2) is 72.7 Å². The van der Waals surface area contributed by atoms with E-state index in [0.717, 1.165) is 37.8 Å². The maximum absolute atomic E-state index is 13.6. The van der Waals surface area contributed by atoms with Crippen LogP contribution in [0.4, 0.5) is 10.1 Å². The summed E-state index contributed by atoms with van der Waals surface area (Å²) >= 11 is 0. The molecule has 0 aliphatic carbocycles. The van der Waals surface area contributed by atoms with E-state index in [9.17, 15) is 23.6 Å². The third-order valence-corrected chi connectivity index (χ3v) is 7.70. The third kappa shape index (κ3) is 5.42. The summed E-state index contributed by atoms with van der Waals surface area (Å²) in [5.74, 6) is -1.09. The van der Waals surface area contributed by atoms with Gasteiger partial charge in [-0.3, -0.25) is 24.1 Å². The zero-order chi connectivity index (χ0) is 26.6. The average molecular weight is 521 g/mol. The van der Waals surface area contributed by atoms with E-state index in [2.05, 4.69) is 5.32 Å². The van der Waals surface area contributed by atoms with Gasteiger partial charge in [0.25, 0.3) is 11.8 Å². The summed E-state index contributed by atoms with van der Waals surface area (Å²) in [4.78, 5) is 56.2. The number of imide groups is 1. The van der Waals surface area contributed by atoms with Crippen LogP contribution in [-0.2, 0) is 16.0 Å². The lowest BCUT2D eigenvalue weighted by atomic mass is 9.95. The second-order valence-corrected chi connectivity index (χ2v) is 10.3. The van der Waals surface area contributed by atoms with Gasteiger partial charge in [-0.25, -0.2) is 4.39 Å². The highest BCUT2D eigenvalue weighted by molar-refractivity contribution is 6.23. The van der Waals surface area contributed by atoms with Crippen molar-refractivity contribution in [2.45, 2.75) is 38.5 Å². The first kappa shape index (κ1) is 25.9. The number of fused-ring (bicyclic) bond motifs is 1. The molecule has 1 unspecified atom stereocenters. The molecule has 3 aliphatic heterocycles. The van der Waals surface area contributed by atoms with Crippen molar-refractivity contribution in [2.75, 3.05) is 44.2 Å². The van der Waals surface area contributed by atoms with Crippen molar-refractivity contribution in [3.63, 3.8) is 0 Å². The number of rotatable bonds is 9. The molecule has 3 aliphatic rings. The van der Waals surface area contributed by atoms with Crippen LogP contribution in [0.25, 0.3) is 0 Å². The molecule has 8 nitrogen and oxygen atoms in total. The fourth-order valence-electron chi connectivity index (χ4n) is 5.69. The molecule has 1 atom stereocenters. The van der Waals surface area contributed by atoms with Gasteiger partial charge in [-0.2, -0.15) is 0 Å². The van der Waals surface area contributed by atoms with Crippen LogP contribution in [0, 0.1) is 11.7 Å².